The average Bonchev–Trinajstić information content (AvgIpc) is 2.17. The number of benzene rings is 1. The summed E-state index contributed by atoms with van der Waals surface area (Å²) in [5.74, 6) is 0. The minimum absolute atomic E-state index is 1.35. The summed E-state index contributed by atoms with van der Waals surface area (Å²) in [5, 5.41) is 0. The van der Waals surface area contributed by atoms with Gasteiger partial charge in [0.2, 0.25) is 0 Å². The summed E-state index contributed by atoms with van der Waals surface area (Å²) in [4.78, 5) is 1.38. The molecule has 3 nitrogen and oxygen atoms in total. The van der Waals surface area contributed by atoms with Crippen LogP contribution in [0.2, 0.25) is 0 Å². The zero-order valence-electron chi connectivity index (χ0n) is 8.14. The smallest absolute Gasteiger partial charge is 0.279 e. The molecule has 0 aliphatic rings. The van der Waals surface area contributed by atoms with Gasteiger partial charge >= 0.3 is 15.6 Å². The molecule has 1 rings (SSSR count). The van der Waals surface area contributed by atoms with Crippen LogP contribution in [-0.2, 0) is 21.9 Å². The zero-order chi connectivity index (χ0) is 12.8. The van der Waals surface area contributed by atoms with Gasteiger partial charge in [-0.2, -0.15) is 21.6 Å². The van der Waals surface area contributed by atoms with Gasteiger partial charge in [0.1, 0.15) is 6.26 Å². The van der Waals surface area contributed by atoms with Gasteiger partial charge in [0.05, 0.1) is 0 Å². The van der Waals surface area contributed by atoms with E-state index in [0.717, 1.165) is 0 Å². The molecule has 0 saturated heterocycles. The molecule has 1 aromatic rings. The van der Waals surface area contributed by atoms with Crippen molar-refractivity contribution in [3.05, 3.63) is 30.3 Å². The van der Waals surface area contributed by atoms with Crippen molar-refractivity contribution in [2.24, 2.45) is 0 Å². The Morgan fingerprint density at radius 3 is 1.75 bits per heavy atom. The van der Waals surface area contributed by atoms with Gasteiger partial charge in [-0.3, -0.25) is 4.55 Å². The SMILES string of the molecule is C[SH+]c1ccccc1.O=S(=O)(O)C(F)(F)F. The van der Waals surface area contributed by atoms with Gasteiger partial charge in [0, 0.05) is 11.8 Å². The summed E-state index contributed by atoms with van der Waals surface area (Å²) in [7, 11) is -5.84. The Morgan fingerprint density at radius 2 is 1.56 bits per heavy atom. The number of rotatable bonds is 1. The van der Waals surface area contributed by atoms with E-state index in [9.17, 15) is 13.2 Å². The van der Waals surface area contributed by atoms with Crippen molar-refractivity contribution in [2.75, 3.05) is 6.26 Å². The quantitative estimate of drug-likeness (QED) is 0.368. The fraction of sp³-hybridized carbons (Fsp3) is 0.250. The third kappa shape index (κ3) is 5.99. The summed E-state index contributed by atoms with van der Waals surface area (Å²) < 4.78 is 57.5. The normalized spacial score (nSPS) is 11.6. The van der Waals surface area contributed by atoms with Crippen LogP contribution in [0.25, 0.3) is 0 Å². The van der Waals surface area contributed by atoms with Crippen molar-refractivity contribution < 1.29 is 26.1 Å². The highest BCUT2D eigenvalue weighted by atomic mass is 32.2. The predicted molar refractivity (Wildman–Crippen MR) is 57.0 cm³/mol. The zero-order valence-corrected chi connectivity index (χ0v) is 9.85. The van der Waals surface area contributed by atoms with Crippen molar-refractivity contribution in [3.8, 4) is 0 Å². The molecule has 0 aliphatic carbocycles. The number of halogens is 3. The maximum atomic E-state index is 10.7. The number of hydrogen-bond acceptors (Lipinski definition) is 2. The summed E-state index contributed by atoms with van der Waals surface area (Å²) in [6, 6.07) is 10.4. The minimum atomic E-state index is -5.84. The van der Waals surface area contributed by atoms with Crippen molar-refractivity contribution in [2.45, 2.75) is 10.4 Å². The molecule has 0 unspecified atom stereocenters. The maximum Gasteiger partial charge on any atom is 0.522 e. The Labute approximate surface area is 95.4 Å². The van der Waals surface area contributed by atoms with Crippen molar-refractivity contribution in [1.82, 2.24) is 0 Å². The summed E-state index contributed by atoms with van der Waals surface area (Å²) in [5.41, 5.74) is -5.53. The van der Waals surface area contributed by atoms with Crippen LogP contribution in [0.3, 0.4) is 0 Å². The first-order valence-corrected chi connectivity index (χ1v) is 6.65. The maximum absolute atomic E-state index is 10.7. The van der Waals surface area contributed by atoms with Crippen molar-refractivity contribution >= 4 is 21.9 Å². The number of alkyl halides is 3. The highest BCUT2D eigenvalue weighted by Crippen LogP contribution is 2.20. The average molecular weight is 275 g/mol. The van der Waals surface area contributed by atoms with Gasteiger partial charge in [0.15, 0.2) is 4.90 Å². The molecule has 0 spiro atoms. The van der Waals surface area contributed by atoms with E-state index >= 15 is 0 Å². The lowest BCUT2D eigenvalue weighted by Crippen LogP contribution is -2.21. The highest BCUT2D eigenvalue weighted by Gasteiger charge is 2.44. The number of hydrogen-bond donors (Lipinski definition) is 1. The second-order valence-corrected chi connectivity index (χ2v) is 4.86. The highest BCUT2D eigenvalue weighted by molar-refractivity contribution is 7.86. The fourth-order valence-electron chi connectivity index (χ4n) is 0.577. The minimum Gasteiger partial charge on any atom is -0.279 e. The molecule has 0 aliphatic heterocycles. The van der Waals surface area contributed by atoms with E-state index < -0.39 is 15.6 Å². The van der Waals surface area contributed by atoms with E-state index in [1.165, 1.54) is 16.7 Å². The lowest BCUT2D eigenvalue weighted by atomic mass is 10.4. The third-order valence-corrected chi connectivity index (χ3v) is 2.71. The molecule has 0 saturated carbocycles. The largest absolute Gasteiger partial charge is 0.522 e. The second-order valence-electron chi connectivity index (χ2n) is 2.48. The van der Waals surface area contributed by atoms with Gasteiger partial charge < -0.3 is 0 Å². The first-order chi connectivity index (χ1) is 7.18. The van der Waals surface area contributed by atoms with Crippen molar-refractivity contribution in [3.63, 3.8) is 0 Å². The first-order valence-electron chi connectivity index (χ1n) is 3.87. The van der Waals surface area contributed by atoms with E-state index in [1.54, 1.807) is 0 Å². The predicted octanol–water partition coefficient (Wildman–Crippen LogP) is 1.88. The molecule has 0 heterocycles. The molecule has 0 bridgehead atoms. The molecule has 0 amide bonds. The summed E-state index contributed by atoms with van der Waals surface area (Å²) >= 11 is 1.35. The Balaban J connectivity index is 0.000000281. The second kappa shape index (κ2) is 6.12. The lowest BCUT2D eigenvalue weighted by Gasteiger charge is -1.97. The molecule has 0 fully saturated rings. The standard InChI is InChI=1S/C7H8S.CHF3O3S/c1-8-7-5-3-2-4-6-7;2-1(3,4)8(5,6)7/h2-6H,1H3;(H,5,6,7)/p+1. The summed E-state index contributed by atoms with van der Waals surface area (Å²) in [6.07, 6.45) is 2.13. The third-order valence-electron chi connectivity index (χ3n) is 1.31. The molecule has 92 valence electrons. The van der Waals surface area contributed by atoms with Gasteiger partial charge in [0.25, 0.3) is 0 Å². The molecule has 0 atom stereocenters. The summed E-state index contributed by atoms with van der Waals surface area (Å²) in [6.45, 7) is 0. The molecule has 0 radical (unpaired) electrons. The van der Waals surface area contributed by atoms with Crippen LogP contribution < -0.4 is 0 Å². The molecule has 1 N–H and O–H groups in total. The van der Waals surface area contributed by atoms with E-state index in [-0.39, 0.29) is 0 Å². The molecular weight excluding hydrogens is 265 g/mol. The van der Waals surface area contributed by atoms with Crippen LogP contribution in [0, 0.1) is 0 Å². The van der Waals surface area contributed by atoms with Crippen LogP contribution >= 0.6 is 0 Å². The van der Waals surface area contributed by atoms with Crippen LogP contribution in [0.15, 0.2) is 35.2 Å². The van der Waals surface area contributed by atoms with Crippen molar-refractivity contribution in [1.29, 1.82) is 0 Å². The monoisotopic (exact) mass is 275 g/mol. The van der Waals surface area contributed by atoms with Crippen LogP contribution in [0.1, 0.15) is 0 Å². The van der Waals surface area contributed by atoms with Crippen LogP contribution in [0.4, 0.5) is 13.2 Å². The fourth-order valence-corrected chi connectivity index (χ4v) is 1.05. The Morgan fingerprint density at radius 1 is 1.19 bits per heavy atom. The van der Waals surface area contributed by atoms with Gasteiger partial charge in [-0.05, 0) is 12.1 Å². The van der Waals surface area contributed by atoms with Gasteiger partial charge in [-0.25, -0.2) is 0 Å². The topological polar surface area (TPSA) is 54.4 Å². The lowest BCUT2D eigenvalue weighted by molar-refractivity contribution is -0.0510. The number of thiol groups is 1. The van der Waals surface area contributed by atoms with E-state index in [4.69, 9.17) is 13.0 Å². The van der Waals surface area contributed by atoms with Gasteiger partial charge in [-0.1, -0.05) is 18.2 Å². The molecular formula is C8H10F3O3S2+. The Hall–Kier alpha value is -0.730. The molecule has 8 heteroatoms. The van der Waals surface area contributed by atoms with E-state index in [1.807, 2.05) is 6.07 Å². The molecule has 16 heavy (non-hydrogen) atoms. The van der Waals surface area contributed by atoms with Crippen LogP contribution in [-0.4, -0.2) is 24.7 Å². The Bertz CT molecular complexity index is 400. The first kappa shape index (κ1) is 15.3. The van der Waals surface area contributed by atoms with E-state index in [0.29, 0.717) is 0 Å². The van der Waals surface area contributed by atoms with E-state index in [2.05, 4.69) is 30.5 Å². The Kier molecular flexibility index (Phi) is 5.84. The van der Waals surface area contributed by atoms with Gasteiger partial charge in [-0.15, -0.1) is 0 Å². The molecule has 1 aromatic carbocycles. The van der Waals surface area contributed by atoms with Crippen LogP contribution in [0.5, 0.6) is 0 Å². The molecule has 0 aromatic heterocycles.